The molecule has 4 rings (SSSR count). The number of carbonyl (C=O) groups is 1. The minimum atomic E-state index is -3.00. The molecule has 0 bridgehead atoms. The Morgan fingerprint density at radius 2 is 1.89 bits per heavy atom. The van der Waals surface area contributed by atoms with Gasteiger partial charge >= 0.3 is 0 Å². The van der Waals surface area contributed by atoms with Crippen LogP contribution in [0.15, 0.2) is 55.2 Å². The van der Waals surface area contributed by atoms with Crippen molar-refractivity contribution < 1.29 is 32.2 Å². The number of alkyl halides is 2. The Bertz CT molecular complexity index is 1360. The lowest BCUT2D eigenvalue weighted by atomic mass is 9.76. The van der Waals surface area contributed by atoms with E-state index >= 15 is 0 Å². The van der Waals surface area contributed by atoms with Gasteiger partial charge in [-0.25, -0.2) is 17.6 Å². The molecular formula is C28H24ClF4NO3. The average Bonchev–Trinajstić information content (AvgIpc) is 2.80. The van der Waals surface area contributed by atoms with E-state index in [1.807, 2.05) is 0 Å². The summed E-state index contributed by atoms with van der Waals surface area (Å²) < 4.78 is 56.5. The van der Waals surface area contributed by atoms with Gasteiger partial charge in [-0.3, -0.25) is 4.79 Å². The molecule has 194 valence electrons. The Labute approximate surface area is 216 Å². The maximum absolute atomic E-state index is 14.7. The first-order valence-electron chi connectivity index (χ1n) is 11.8. The van der Waals surface area contributed by atoms with Gasteiger partial charge in [0.25, 0.3) is 6.43 Å². The van der Waals surface area contributed by atoms with Crippen LogP contribution in [0.4, 0.5) is 17.6 Å². The second kappa shape index (κ2) is 10.9. The molecule has 1 atom stereocenters. The van der Waals surface area contributed by atoms with Crippen LogP contribution in [0.2, 0.25) is 5.02 Å². The van der Waals surface area contributed by atoms with Crippen LogP contribution < -0.4 is 4.73 Å². The molecule has 1 aliphatic carbocycles. The monoisotopic (exact) mass is 533 g/mol. The zero-order valence-corrected chi connectivity index (χ0v) is 20.5. The Morgan fingerprint density at radius 3 is 2.46 bits per heavy atom. The van der Waals surface area contributed by atoms with E-state index < -0.39 is 40.9 Å². The van der Waals surface area contributed by atoms with E-state index in [0.29, 0.717) is 16.7 Å². The van der Waals surface area contributed by atoms with Crippen molar-refractivity contribution in [1.29, 1.82) is 0 Å². The lowest BCUT2D eigenvalue weighted by Gasteiger charge is -2.28. The maximum atomic E-state index is 14.7. The van der Waals surface area contributed by atoms with Crippen LogP contribution in [0, 0.1) is 22.8 Å². The summed E-state index contributed by atoms with van der Waals surface area (Å²) in [5, 5.41) is 22.2. The van der Waals surface area contributed by atoms with Crippen LogP contribution in [0.25, 0.3) is 16.9 Å². The third-order valence-corrected chi connectivity index (χ3v) is 7.15. The van der Waals surface area contributed by atoms with Crippen LogP contribution in [0.5, 0.6) is 0 Å². The van der Waals surface area contributed by atoms with Crippen molar-refractivity contribution in [2.24, 2.45) is 5.92 Å². The van der Waals surface area contributed by atoms with Gasteiger partial charge in [0.05, 0.1) is 16.1 Å². The number of Topliss-reactive ketones (excluding diaryl/α,β-unsaturated/α-hetero) is 1. The average molecular weight is 534 g/mol. The van der Waals surface area contributed by atoms with Gasteiger partial charge in [0, 0.05) is 23.6 Å². The highest BCUT2D eigenvalue weighted by Gasteiger charge is 2.33. The number of carbonyl (C=O) groups excluding carboxylic acids is 1. The minimum Gasteiger partial charge on any atom is -0.618 e. The summed E-state index contributed by atoms with van der Waals surface area (Å²) in [6.07, 6.45) is 1.06. The predicted octanol–water partition coefficient (Wildman–Crippen LogP) is 7.47. The van der Waals surface area contributed by atoms with Gasteiger partial charge in [0.2, 0.25) is 5.69 Å². The van der Waals surface area contributed by atoms with Gasteiger partial charge in [0.15, 0.2) is 12.0 Å². The summed E-state index contributed by atoms with van der Waals surface area (Å²) in [6.45, 7) is 3.30. The van der Waals surface area contributed by atoms with Crippen molar-refractivity contribution in [3.8, 4) is 11.1 Å². The van der Waals surface area contributed by atoms with Crippen LogP contribution in [-0.2, 0) is 11.2 Å². The molecule has 4 nitrogen and oxygen atoms in total. The molecule has 1 heterocycles. The number of hydrogen-bond acceptors (Lipinski definition) is 3. The molecule has 0 saturated heterocycles. The van der Waals surface area contributed by atoms with E-state index in [9.17, 15) is 32.7 Å². The molecule has 3 aromatic rings. The molecule has 2 aromatic carbocycles. The molecule has 0 spiro atoms. The summed E-state index contributed by atoms with van der Waals surface area (Å²) >= 11 is 5.80. The van der Waals surface area contributed by atoms with Crippen molar-refractivity contribution in [1.82, 2.24) is 0 Å². The summed E-state index contributed by atoms with van der Waals surface area (Å²) in [7, 11) is 0. The Kier molecular flexibility index (Phi) is 7.87. The minimum absolute atomic E-state index is 0.0772. The number of rotatable bonds is 9. The quantitative estimate of drug-likeness (QED) is 0.134. The molecule has 1 unspecified atom stereocenters. The molecular weight excluding hydrogens is 510 g/mol. The highest BCUT2D eigenvalue weighted by Crippen LogP contribution is 2.38. The third kappa shape index (κ3) is 5.64. The smallest absolute Gasteiger partial charge is 0.264 e. The molecule has 0 amide bonds. The Hall–Kier alpha value is -3.39. The molecule has 1 saturated carbocycles. The van der Waals surface area contributed by atoms with E-state index in [4.69, 9.17) is 11.6 Å². The fourth-order valence-electron chi connectivity index (χ4n) is 4.66. The normalized spacial score (nSPS) is 14.4. The first-order valence-corrected chi connectivity index (χ1v) is 12.1. The zero-order valence-electron chi connectivity index (χ0n) is 19.7. The number of ketones is 1. The van der Waals surface area contributed by atoms with E-state index in [2.05, 4.69) is 6.58 Å². The van der Waals surface area contributed by atoms with E-state index in [-0.39, 0.29) is 40.0 Å². The first-order chi connectivity index (χ1) is 17.6. The number of halogens is 5. The lowest BCUT2D eigenvalue weighted by molar-refractivity contribution is -0.614. The van der Waals surface area contributed by atoms with Crippen molar-refractivity contribution in [2.75, 3.05) is 0 Å². The number of hydrogen-bond donors (Lipinski definition) is 1. The SMILES string of the molecule is C=C(O)c1ccc(CC(=O)C(CC2CCC2)c2ccc(-c3c(C(F)F)ccc(Cl)c3F)c[n+]2[O-])cc1F. The number of aromatic nitrogens is 1. The number of benzene rings is 2. The summed E-state index contributed by atoms with van der Waals surface area (Å²) in [6, 6.07) is 8.67. The van der Waals surface area contributed by atoms with E-state index in [1.165, 1.54) is 24.3 Å². The zero-order chi connectivity index (χ0) is 26.9. The van der Waals surface area contributed by atoms with Gasteiger partial charge < -0.3 is 10.3 Å². The maximum Gasteiger partial charge on any atom is 0.264 e. The Balaban J connectivity index is 1.68. The number of aliphatic hydroxyl groups is 1. The van der Waals surface area contributed by atoms with Crippen LogP contribution >= 0.6 is 11.6 Å². The molecule has 1 aliphatic rings. The topological polar surface area (TPSA) is 64.2 Å². The molecule has 1 aromatic heterocycles. The number of nitrogens with zero attached hydrogens (tertiary/aromatic N) is 1. The van der Waals surface area contributed by atoms with Crippen molar-refractivity contribution in [2.45, 2.75) is 44.4 Å². The second-order valence-corrected chi connectivity index (χ2v) is 9.69. The predicted molar refractivity (Wildman–Crippen MR) is 132 cm³/mol. The van der Waals surface area contributed by atoms with Gasteiger partial charge in [-0.15, -0.1) is 0 Å². The summed E-state index contributed by atoms with van der Waals surface area (Å²) in [5.74, 6) is -3.13. The highest BCUT2D eigenvalue weighted by atomic mass is 35.5. The van der Waals surface area contributed by atoms with Gasteiger partial charge in [-0.2, -0.15) is 4.73 Å². The van der Waals surface area contributed by atoms with E-state index in [0.717, 1.165) is 43.7 Å². The largest absolute Gasteiger partial charge is 0.618 e. The fraction of sp³-hybridized carbons (Fsp3) is 0.286. The molecule has 0 radical (unpaired) electrons. The van der Waals surface area contributed by atoms with E-state index in [1.54, 1.807) is 0 Å². The Morgan fingerprint density at radius 1 is 1.16 bits per heavy atom. The first kappa shape index (κ1) is 26.7. The van der Waals surface area contributed by atoms with Crippen molar-refractivity contribution >= 4 is 23.1 Å². The van der Waals surface area contributed by atoms with Gasteiger partial charge in [-0.1, -0.05) is 49.6 Å². The summed E-state index contributed by atoms with van der Waals surface area (Å²) in [5.41, 5.74) is -0.781. The third-order valence-electron chi connectivity index (χ3n) is 6.86. The molecule has 9 heteroatoms. The van der Waals surface area contributed by atoms with Crippen LogP contribution in [-0.4, -0.2) is 10.9 Å². The second-order valence-electron chi connectivity index (χ2n) is 9.28. The summed E-state index contributed by atoms with van der Waals surface area (Å²) in [4.78, 5) is 13.3. The van der Waals surface area contributed by atoms with Crippen molar-refractivity contribution in [3.05, 3.63) is 99.5 Å². The molecule has 1 fully saturated rings. The van der Waals surface area contributed by atoms with Crippen LogP contribution in [0.3, 0.4) is 0 Å². The number of pyridine rings is 1. The molecule has 0 aliphatic heterocycles. The standard InChI is InChI=1S/C28H24ClF4NO3/c1-15(35)19-7-5-17(12-23(19)30)13-25(36)21(11-16-3-2-4-16)24-10-6-18(14-34(24)37)26-20(28(32)33)8-9-22(29)27(26)31/h5-10,12,14,16,21,28,35H,1-4,11,13H2. The lowest BCUT2D eigenvalue weighted by Crippen LogP contribution is -2.37. The van der Waals surface area contributed by atoms with Crippen molar-refractivity contribution in [3.63, 3.8) is 0 Å². The van der Waals surface area contributed by atoms with Gasteiger partial charge in [0.1, 0.15) is 23.3 Å². The molecule has 37 heavy (non-hydrogen) atoms. The fourth-order valence-corrected chi connectivity index (χ4v) is 4.81. The van der Waals surface area contributed by atoms with Gasteiger partial charge in [-0.05, 0) is 42.2 Å². The highest BCUT2D eigenvalue weighted by molar-refractivity contribution is 6.31. The number of aliphatic hydroxyl groups excluding tert-OH is 1. The molecule has 1 N–H and O–H groups in total. The van der Waals surface area contributed by atoms with Crippen LogP contribution in [0.1, 0.15) is 60.4 Å².